The number of benzene rings is 2. The molecule has 2 aromatic rings. The minimum atomic E-state index is -3.59. The number of hydrogen-bond acceptors (Lipinski definition) is 4. The van der Waals surface area contributed by atoms with E-state index in [0.717, 1.165) is 24.8 Å². The molecule has 152 valence electrons. The third kappa shape index (κ3) is 5.85. The Balaban J connectivity index is 1.67. The van der Waals surface area contributed by atoms with Crippen LogP contribution in [0.2, 0.25) is 0 Å². The second kappa shape index (κ2) is 9.96. The number of hydrazone groups is 1. The topological polar surface area (TPSA) is 78.8 Å². The van der Waals surface area contributed by atoms with Gasteiger partial charge in [0.1, 0.15) is 0 Å². The molecule has 0 unspecified atom stereocenters. The van der Waals surface area contributed by atoms with Crippen LogP contribution in [0.4, 0.5) is 0 Å². The molecule has 1 heterocycles. The predicted molar refractivity (Wildman–Crippen MR) is 118 cm³/mol. The van der Waals surface area contributed by atoms with Crippen molar-refractivity contribution in [3.63, 3.8) is 0 Å². The van der Waals surface area contributed by atoms with Crippen molar-refractivity contribution in [3.8, 4) is 0 Å². The van der Waals surface area contributed by atoms with Crippen molar-refractivity contribution < 1.29 is 13.2 Å². The highest BCUT2D eigenvalue weighted by Gasteiger charge is 2.26. The molecule has 29 heavy (non-hydrogen) atoms. The van der Waals surface area contributed by atoms with Gasteiger partial charge in [0, 0.05) is 23.1 Å². The van der Waals surface area contributed by atoms with Crippen molar-refractivity contribution >= 4 is 44.2 Å². The number of amides is 1. The van der Waals surface area contributed by atoms with Crippen LogP contribution < -0.4 is 5.43 Å². The molecule has 0 radical (unpaired) electrons. The fraction of sp³-hybridized carbons (Fsp3) is 0.238. The number of rotatable bonds is 6. The molecule has 3 rings (SSSR count). The van der Waals surface area contributed by atoms with E-state index in [0.29, 0.717) is 17.6 Å². The zero-order chi connectivity index (χ0) is 20.7. The van der Waals surface area contributed by atoms with Crippen molar-refractivity contribution in [2.75, 3.05) is 13.1 Å². The molecule has 2 aromatic carbocycles. The first-order valence-electron chi connectivity index (χ1n) is 9.33. The van der Waals surface area contributed by atoms with Gasteiger partial charge in [0.2, 0.25) is 10.0 Å². The van der Waals surface area contributed by atoms with Crippen LogP contribution in [0, 0.1) is 0 Å². The van der Waals surface area contributed by atoms with Gasteiger partial charge in [-0.3, -0.25) is 4.79 Å². The second-order valence-corrected chi connectivity index (χ2v) is 9.49. The molecular formula is C21H22BrN3O3S. The Bertz CT molecular complexity index is 1010. The van der Waals surface area contributed by atoms with Crippen LogP contribution in [-0.2, 0) is 10.0 Å². The van der Waals surface area contributed by atoms with Crippen molar-refractivity contribution in [3.05, 3.63) is 70.2 Å². The first-order valence-corrected chi connectivity index (χ1v) is 11.6. The first kappa shape index (κ1) is 21.4. The normalized spacial score (nSPS) is 16.1. The van der Waals surface area contributed by atoms with E-state index in [2.05, 4.69) is 26.5 Å². The largest absolute Gasteiger partial charge is 0.271 e. The fourth-order valence-electron chi connectivity index (χ4n) is 3.01. The predicted octanol–water partition coefficient (Wildman–Crippen LogP) is 4.01. The number of carbonyl (C=O) groups is 1. The third-order valence-electron chi connectivity index (χ3n) is 4.51. The van der Waals surface area contributed by atoms with E-state index >= 15 is 0 Å². The van der Waals surface area contributed by atoms with Crippen LogP contribution in [0.1, 0.15) is 35.2 Å². The summed E-state index contributed by atoms with van der Waals surface area (Å²) in [6.45, 7) is 1.04. The molecule has 0 saturated carbocycles. The number of piperidine rings is 1. The minimum Gasteiger partial charge on any atom is -0.267 e. The van der Waals surface area contributed by atoms with Crippen LogP contribution in [-0.4, -0.2) is 37.9 Å². The maximum atomic E-state index is 12.8. The number of sulfonamides is 1. The van der Waals surface area contributed by atoms with Gasteiger partial charge in [-0.15, -0.1) is 0 Å². The molecule has 1 aliphatic heterocycles. The van der Waals surface area contributed by atoms with E-state index in [1.807, 2.05) is 36.4 Å². The monoisotopic (exact) mass is 475 g/mol. The highest BCUT2D eigenvalue weighted by Crippen LogP contribution is 2.21. The maximum Gasteiger partial charge on any atom is 0.271 e. The highest BCUT2D eigenvalue weighted by atomic mass is 79.9. The van der Waals surface area contributed by atoms with Gasteiger partial charge in [-0.05, 0) is 58.6 Å². The summed E-state index contributed by atoms with van der Waals surface area (Å²) in [5.74, 6) is -0.475. The standard InChI is InChI=1S/C21H22BrN3O3S/c22-19(14-17-8-3-1-4-9-17)16-23-24-21(26)18-10-7-11-20(15-18)29(27,28)25-12-5-2-6-13-25/h1,3-4,7-11,14-16H,2,5-6,12-13H2,(H,24,26). The lowest BCUT2D eigenvalue weighted by atomic mass is 10.2. The summed E-state index contributed by atoms with van der Waals surface area (Å²) >= 11 is 3.38. The third-order valence-corrected chi connectivity index (χ3v) is 6.84. The van der Waals surface area contributed by atoms with Gasteiger partial charge in [0.25, 0.3) is 5.91 Å². The Hall–Kier alpha value is -2.29. The average Bonchev–Trinajstić information content (AvgIpc) is 2.75. The van der Waals surface area contributed by atoms with E-state index in [9.17, 15) is 13.2 Å². The highest BCUT2D eigenvalue weighted by molar-refractivity contribution is 9.12. The molecule has 1 amide bonds. The van der Waals surface area contributed by atoms with Gasteiger partial charge >= 0.3 is 0 Å². The van der Waals surface area contributed by atoms with Crippen LogP contribution in [0.25, 0.3) is 6.08 Å². The summed E-state index contributed by atoms with van der Waals surface area (Å²) < 4.78 is 27.7. The van der Waals surface area contributed by atoms with Crippen molar-refractivity contribution in [1.29, 1.82) is 0 Å². The molecule has 0 spiro atoms. The molecule has 8 heteroatoms. The zero-order valence-corrected chi connectivity index (χ0v) is 18.2. The second-order valence-electron chi connectivity index (χ2n) is 6.63. The first-order chi connectivity index (χ1) is 14.0. The number of halogens is 1. The van der Waals surface area contributed by atoms with E-state index in [1.54, 1.807) is 12.1 Å². The van der Waals surface area contributed by atoms with Crippen LogP contribution in [0.3, 0.4) is 0 Å². The molecule has 1 fully saturated rings. The van der Waals surface area contributed by atoms with Crippen molar-refractivity contribution in [1.82, 2.24) is 9.73 Å². The Morgan fingerprint density at radius 2 is 1.76 bits per heavy atom. The number of hydrogen-bond donors (Lipinski definition) is 1. The summed E-state index contributed by atoms with van der Waals surface area (Å²) in [5, 5.41) is 3.93. The number of nitrogens with zero attached hydrogens (tertiary/aromatic N) is 2. The summed E-state index contributed by atoms with van der Waals surface area (Å²) in [6, 6.07) is 15.7. The molecule has 1 N–H and O–H groups in total. The Kier molecular flexibility index (Phi) is 7.35. The van der Waals surface area contributed by atoms with Gasteiger partial charge in [-0.1, -0.05) is 42.8 Å². The molecular weight excluding hydrogens is 454 g/mol. The number of nitrogens with one attached hydrogen (secondary N) is 1. The summed E-state index contributed by atoms with van der Waals surface area (Å²) in [7, 11) is -3.59. The van der Waals surface area contributed by atoms with E-state index < -0.39 is 15.9 Å². The van der Waals surface area contributed by atoms with Gasteiger partial charge in [0.05, 0.1) is 11.1 Å². The Morgan fingerprint density at radius 1 is 1.03 bits per heavy atom. The molecule has 6 nitrogen and oxygen atoms in total. The lowest BCUT2D eigenvalue weighted by Crippen LogP contribution is -2.35. The summed E-state index contributed by atoms with van der Waals surface area (Å²) in [6.07, 6.45) is 6.10. The minimum absolute atomic E-state index is 0.126. The van der Waals surface area contributed by atoms with Gasteiger partial charge in [-0.25, -0.2) is 13.8 Å². The van der Waals surface area contributed by atoms with Gasteiger partial charge < -0.3 is 0 Å². The molecule has 0 bridgehead atoms. The van der Waals surface area contributed by atoms with Gasteiger partial charge in [-0.2, -0.15) is 9.41 Å². The number of allylic oxidation sites excluding steroid dienone is 1. The summed E-state index contributed by atoms with van der Waals surface area (Å²) in [4.78, 5) is 12.5. The quantitative estimate of drug-likeness (QED) is 0.506. The lowest BCUT2D eigenvalue weighted by molar-refractivity contribution is 0.0955. The van der Waals surface area contributed by atoms with Crippen LogP contribution >= 0.6 is 15.9 Å². The van der Waals surface area contributed by atoms with Crippen LogP contribution in [0.15, 0.2) is 69.1 Å². The average molecular weight is 476 g/mol. The smallest absolute Gasteiger partial charge is 0.267 e. The van der Waals surface area contributed by atoms with Crippen molar-refractivity contribution in [2.24, 2.45) is 5.10 Å². The molecule has 0 aromatic heterocycles. The Morgan fingerprint density at radius 3 is 2.48 bits per heavy atom. The van der Waals surface area contributed by atoms with Crippen LogP contribution in [0.5, 0.6) is 0 Å². The van der Waals surface area contributed by atoms with Gasteiger partial charge in [0.15, 0.2) is 0 Å². The number of carbonyl (C=O) groups excluding carboxylic acids is 1. The molecule has 1 aliphatic rings. The SMILES string of the molecule is O=C(NN=CC(Br)=Cc1ccccc1)c1cccc(S(=O)(=O)N2CCCCC2)c1. The fourth-order valence-corrected chi connectivity index (χ4v) is 4.95. The molecule has 0 atom stereocenters. The van der Waals surface area contributed by atoms with E-state index in [4.69, 9.17) is 0 Å². The molecule has 0 aliphatic carbocycles. The van der Waals surface area contributed by atoms with E-state index in [1.165, 1.54) is 22.7 Å². The lowest BCUT2D eigenvalue weighted by Gasteiger charge is -2.25. The van der Waals surface area contributed by atoms with E-state index in [-0.39, 0.29) is 10.5 Å². The van der Waals surface area contributed by atoms with Crippen molar-refractivity contribution in [2.45, 2.75) is 24.2 Å². The molecule has 1 saturated heterocycles. The maximum absolute atomic E-state index is 12.8. The zero-order valence-electron chi connectivity index (χ0n) is 15.8. The Labute approximate surface area is 179 Å². The summed E-state index contributed by atoms with van der Waals surface area (Å²) in [5.41, 5.74) is 3.66.